The van der Waals surface area contributed by atoms with E-state index in [9.17, 15) is 8.42 Å². The molecule has 142 valence electrons. The smallest absolute Gasteiger partial charge is 0.216 e. The number of hydrogen-bond donors (Lipinski definition) is 1. The Morgan fingerprint density at radius 3 is 2.27 bits per heavy atom. The Morgan fingerprint density at radius 1 is 1.08 bits per heavy atom. The van der Waals surface area contributed by atoms with Gasteiger partial charge in [0, 0.05) is 16.1 Å². The van der Waals surface area contributed by atoms with Crippen molar-refractivity contribution in [2.75, 3.05) is 7.11 Å². The first-order chi connectivity index (χ1) is 12.2. The van der Waals surface area contributed by atoms with Gasteiger partial charge >= 0.3 is 0 Å². The van der Waals surface area contributed by atoms with Crippen LogP contribution >= 0.6 is 23.2 Å². The van der Waals surface area contributed by atoms with Crippen LogP contribution in [-0.2, 0) is 15.8 Å². The molecule has 4 nitrogen and oxygen atoms in total. The van der Waals surface area contributed by atoms with E-state index < -0.39 is 10.0 Å². The van der Waals surface area contributed by atoms with Crippen LogP contribution in [0.5, 0.6) is 5.75 Å². The van der Waals surface area contributed by atoms with Gasteiger partial charge in [-0.15, -0.1) is 0 Å². The number of hydrogen-bond acceptors (Lipinski definition) is 3. The molecule has 0 radical (unpaired) electrons. The molecule has 0 unspecified atom stereocenters. The van der Waals surface area contributed by atoms with Crippen LogP contribution in [0.25, 0.3) is 0 Å². The van der Waals surface area contributed by atoms with Crippen molar-refractivity contribution in [3.63, 3.8) is 0 Å². The van der Waals surface area contributed by atoms with Gasteiger partial charge in [-0.05, 0) is 47.7 Å². The monoisotopic (exact) mass is 415 g/mol. The first-order valence-electron chi connectivity index (χ1n) is 8.28. The summed E-state index contributed by atoms with van der Waals surface area (Å²) in [6, 6.07) is 11.9. The molecule has 0 aliphatic heterocycles. The molecule has 26 heavy (non-hydrogen) atoms. The second-order valence-corrected chi connectivity index (χ2v) is 9.17. The molecule has 0 aliphatic carbocycles. The minimum atomic E-state index is -3.59. The third-order valence-corrected chi connectivity index (χ3v) is 5.83. The van der Waals surface area contributed by atoms with E-state index in [0.717, 1.165) is 11.3 Å². The summed E-state index contributed by atoms with van der Waals surface area (Å²) in [4.78, 5) is 0. The maximum Gasteiger partial charge on any atom is 0.216 e. The van der Waals surface area contributed by atoms with Crippen molar-refractivity contribution in [2.45, 2.75) is 32.1 Å². The van der Waals surface area contributed by atoms with Crippen LogP contribution in [0.2, 0.25) is 10.0 Å². The normalized spacial score (nSPS) is 13.0. The molecule has 0 aromatic heterocycles. The van der Waals surface area contributed by atoms with E-state index in [1.165, 1.54) is 0 Å². The van der Waals surface area contributed by atoms with Crippen molar-refractivity contribution in [3.05, 3.63) is 63.6 Å². The molecule has 0 saturated carbocycles. The zero-order valence-corrected chi connectivity index (χ0v) is 17.3. The molecule has 0 aliphatic rings. The Balaban J connectivity index is 2.22. The summed E-state index contributed by atoms with van der Waals surface area (Å²) in [5, 5.41) is 0.813. The van der Waals surface area contributed by atoms with E-state index in [-0.39, 0.29) is 11.8 Å². The zero-order valence-electron chi connectivity index (χ0n) is 15.0. The summed E-state index contributed by atoms with van der Waals surface area (Å²) >= 11 is 12.0. The van der Waals surface area contributed by atoms with E-state index >= 15 is 0 Å². The summed E-state index contributed by atoms with van der Waals surface area (Å²) < 4.78 is 33.4. The maximum atomic E-state index is 12.7. The number of sulfonamides is 1. The van der Waals surface area contributed by atoms with Gasteiger partial charge in [0.2, 0.25) is 10.0 Å². The highest BCUT2D eigenvalue weighted by Gasteiger charge is 2.22. The van der Waals surface area contributed by atoms with Gasteiger partial charge in [0.05, 0.1) is 12.9 Å². The summed E-state index contributed by atoms with van der Waals surface area (Å²) in [5.74, 6) is 0.852. The topological polar surface area (TPSA) is 55.4 Å². The SMILES string of the molecule is COc1ccc([C@@H](CC(C)C)NS(=O)(=O)Cc2ccc(Cl)cc2Cl)cc1. The standard InChI is InChI=1S/C19H23Cl2NO3S/c1-13(2)10-19(14-5-8-17(25-3)9-6-14)22-26(23,24)12-15-4-7-16(20)11-18(15)21/h4-9,11,13,19,22H,10,12H2,1-3H3/t19-/m1/s1. The van der Waals surface area contributed by atoms with Crippen LogP contribution in [0, 0.1) is 5.92 Å². The summed E-state index contributed by atoms with van der Waals surface area (Å²) in [6.45, 7) is 4.11. The second kappa shape index (κ2) is 9.09. The van der Waals surface area contributed by atoms with Gasteiger partial charge in [-0.25, -0.2) is 13.1 Å². The minimum Gasteiger partial charge on any atom is -0.497 e. The lowest BCUT2D eigenvalue weighted by Gasteiger charge is -2.21. The summed E-state index contributed by atoms with van der Waals surface area (Å²) in [6.07, 6.45) is 0.680. The van der Waals surface area contributed by atoms with Crippen molar-refractivity contribution >= 4 is 33.2 Å². The van der Waals surface area contributed by atoms with Crippen LogP contribution < -0.4 is 9.46 Å². The Bertz CT molecular complexity index is 836. The third kappa shape index (κ3) is 6.16. The molecule has 7 heteroatoms. The van der Waals surface area contributed by atoms with E-state index in [0.29, 0.717) is 27.9 Å². The maximum absolute atomic E-state index is 12.7. The fraction of sp³-hybridized carbons (Fsp3) is 0.368. The lowest BCUT2D eigenvalue weighted by Crippen LogP contribution is -2.30. The van der Waals surface area contributed by atoms with Crippen molar-refractivity contribution in [3.8, 4) is 5.75 Å². The highest BCUT2D eigenvalue weighted by atomic mass is 35.5. The van der Waals surface area contributed by atoms with Crippen molar-refractivity contribution in [1.29, 1.82) is 0 Å². The largest absolute Gasteiger partial charge is 0.497 e. The fourth-order valence-corrected chi connectivity index (χ4v) is 4.63. The molecule has 2 aromatic carbocycles. The van der Waals surface area contributed by atoms with Gasteiger partial charge in [-0.2, -0.15) is 0 Å². The average molecular weight is 416 g/mol. The molecule has 0 bridgehead atoms. The molecule has 0 heterocycles. The Morgan fingerprint density at radius 2 is 1.73 bits per heavy atom. The number of benzene rings is 2. The van der Waals surface area contributed by atoms with Crippen molar-refractivity contribution < 1.29 is 13.2 Å². The molecule has 0 saturated heterocycles. The lowest BCUT2D eigenvalue weighted by molar-refractivity contribution is 0.414. The number of nitrogens with one attached hydrogen (secondary N) is 1. The van der Waals surface area contributed by atoms with Crippen LogP contribution in [0.15, 0.2) is 42.5 Å². The van der Waals surface area contributed by atoms with E-state index in [1.807, 2.05) is 24.3 Å². The molecule has 0 spiro atoms. The zero-order chi connectivity index (χ0) is 19.3. The Labute approximate surface area is 165 Å². The van der Waals surface area contributed by atoms with Gasteiger partial charge in [-0.1, -0.05) is 55.2 Å². The van der Waals surface area contributed by atoms with Crippen molar-refractivity contribution in [2.24, 2.45) is 5.92 Å². The Hall–Kier alpha value is -1.27. The van der Waals surface area contributed by atoms with E-state index in [1.54, 1.807) is 25.3 Å². The van der Waals surface area contributed by atoms with Crippen molar-refractivity contribution in [1.82, 2.24) is 4.72 Å². The van der Waals surface area contributed by atoms with E-state index in [2.05, 4.69) is 18.6 Å². The number of rotatable bonds is 8. The van der Waals surface area contributed by atoms with Crippen LogP contribution in [0.3, 0.4) is 0 Å². The first kappa shape index (κ1) is 21.0. The predicted molar refractivity (Wildman–Crippen MR) is 107 cm³/mol. The molecule has 2 rings (SSSR count). The van der Waals surface area contributed by atoms with Gasteiger partial charge in [0.1, 0.15) is 5.75 Å². The molecule has 0 amide bonds. The highest BCUT2D eigenvalue weighted by Crippen LogP contribution is 2.27. The molecule has 1 N–H and O–H groups in total. The van der Waals surface area contributed by atoms with Gasteiger partial charge in [0.15, 0.2) is 0 Å². The lowest BCUT2D eigenvalue weighted by atomic mass is 9.98. The summed E-state index contributed by atoms with van der Waals surface area (Å²) in [7, 11) is -1.99. The molecule has 2 aromatic rings. The van der Waals surface area contributed by atoms with Crippen LogP contribution in [-0.4, -0.2) is 15.5 Å². The molecular formula is C19H23Cl2NO3S. The number of methoxy groups -OCH3 is 1. The predicted octanol–water partition coefficient (Wildman–Crippen LogP) is 5.21. The first-order valence-corrected chi connectivity index (χ1v) is 10.7. The molecule has 1 atom stereocenters. The highest BCUT2D eigenvalue weighted by molar-refractivity contribution is 7.88. The van der Waals surface area contributed by atoms with Crippen LogP contribution in [0.1, 0.15) is 37.4 Å². The molecular weight excluding hydrogens is 393 g/mol. The van der Waals surface area contributed by atoms with Gasteiger partial charge < -0.3 is 4.74 Å². The number of halogens is 2. The fourth-order valence-electron chi connectivity index (χ4n) is 2.66. The summed E-state index contributed by atoms with van der Waals surface area (Å²) in [5.41, 5.74) is 1.41. The third-order valence-electron chi connectivity index (χ3n) is 3.91. The quantitative estimate of drug-likeness (QED) is 0.643. The van der Waals surface area contributed by atoms with E-state index in [4.69, 9.17) is 27.9 Å². The average Bonchev–Trinajstić information content (AvgIpc) is 2.56. The minimum absolute atomic E-state index is 0.201. The second-order valence-electron chi connectivity index (χ2n) is 6.57. The Kier molecular flexibility index (Phi) is 7.35. The van der Waals surface area contributed by atoms with Gasteiger partial charge in [0.25, 0.3) is 0 Å². The number of ether oxygens (including phenoxy) is 1. The van der Waals surface area contributed by atoms with Gasteiger partial charge in [-0.3, -0.25) is 0 Å². The van der Waals surface area contributed by atoms with Crippen LogP contribution in [0.4, 0.5) is 0 Å². The molecule has 0 fully saturated rings.